The maximum Gasteiger partial charge on any atom is 0.281 e. The molecule has 2 aromatic carbocycles. The molecule has 10 heteroatoms. The Hall–Kier alpha value is -4.99. The largest absolute Gasteiger partial charge is 0.487 e. The molecule has 0 saturated heterocycles. The highest BCUT2D eigenvalue weighted by atomic mass is 16.5. The molecule has 0 aliphatic carbocycles. The van der Waals surface area contributed by atoms with E-state index in [9.17, 15) is 4.79 Å². The molecule has 0 unspecified atom stereocenters. The monoisotopic (exact) mass is 518 g/mol. The standard InChI is InChI=1S/C29H26N8O2/c1-17-8-6-10-20-23(17)28(38)37(35-12-4-5-13-35)22(33-20)15-36-27-24(26(30)31-16-32-27)25(34-36)18-9-7-11-21-19(18)14-29(2,3)39-21/h4-13,16H,14-15H2,1-3H3,(H2,30,31,32). The van der Waals surface area contributed by atoms with Gasteiger partial charge in [0.15, 0.2) is 11.5 Å². The van der Waals surface area contributed by atoms with Crippen molar-refractivity contribution in [3.05, 3.63) is 94.6 Å². The van der Waals surface area contributed by atoms with Crippen molar-refractivity contribution in [1.29, 1.82) is 0 Å². The number of fused-ring (bicyclic) bond motifs is 3. The number of aromatic nitrogens is 7. The van der Waals surface area contributed by atoms with Gasteiger partial charge in [-0.05, 0) is 50.6 Å². The summed E-state index contributed by atoms with van der Waals surface area (Å²) in [5.41, 5.74) is 10.7. The van der Waals surface area contributed by atoms with Gasteiger partial charge in [-0.1, -0.05) is 24.3 Å². The molecule has 7 rings (SSSR count). The molecule has 194 valence electrons. The van der Waals surface area contributed by atoms with E-state index in [0.29, 0.717) is 39.3 Å². The van der Waals surface area contributed by atoms with E-state index in [2.05, 4.69) is 23.8 Å². The van der Waals surface area contributed by atoms with Gasteiger partial charge < -0.3 is 10.5 Å². The van der Waals surface area contributed by atoms with Gasteiger partial charge in [0.25, 0.3) is 5.56 Å². The molecule has 0 radical (unpaired) electrons. The van der Waals surface area contributed by atoms with Crippen LogP contribution in [0.5, 0.6) is 5.75 Å². The van der Waals surface area contributed by atoms with Crippen LogP contribution < -0.4 is 16.0 Å². The third kappa shape index (κ3) is 3.59. The molecule has 4 aromatic heterocycles. The number of nitrogens with zero attached hydrogens (tertiary/aromatic N) is 7. The highest BCUT2D eigenvalue weighted by Gasteiger charge is 2.33. The minimum atomic E-state index is -0.321. The van der Waals surface area contributed by atoms with Crippen LogP contribution in [0, 0.1) is 6.92 Å². The Morgan fingerprint density at radius 1 is 1.03 bits per heavy atom. The number of benzene rings is 2. The Morgan fingerprint density at radius 2 is 1.82 bits per heavy atom. The molecule has 2 N–H and O–H groups in total. The van der Waals surface area contributed by atoms with Crippen molar-refractivity contribution in [3.63, 3.8) is 0 Å². The topological polar surface area (TPSA) is 119 Å². The van der Waals surface area contributed by atoms with Crippen molar-refractivity contribution in [1.82, 2.24) is 34.1 Å². The van der Waals surface area contributed by atoms with Crippen molar-refractivity contribution in [2.24, 2.45) is 0 Å². The molecule has 1 aliphatic heterocycles. The minimum absolute atomic E-state index is 0.157. The highest BCUT2D eigenvalue weighted by molar-refractivity contribution is 5.99. The quantitative estimate of drug-likeness (QED) is 0.375. The van der Waals surface area contributed by atoms with E-state index in [0.717, 1.165) is 28.9 Å². The second-order valence-electron chi connectivity index (χ2n) is 10.5. The Bertz CT molecular complexity index is 1970. The number of nitrogen functional groups attached to an aromatic ring is 1. The fraction of sp³-hybridized carbons (Fsp3) is 0.207. The first-order chi connectivity index (χ1) is 18.8. The Labute approximate surface area is 223 Å². The van der Waals surface area contributed by atoms with Gasteiger partial charge in [-0.3, -0.25) is 9.47 Å². The zero-order chi connectivity index (χ0) is 26.9. The number of aryl methyl sites for hydroxylation is 1. The van der Waals surface area contributed by atoms with Crippen molar-refractivity contribution in [3.8, 4) is 17.0 Å². The van der Waals surface area contributed by atoms with Gasteiger partial charge in [-0.2, -0.15) is 9.77 Å². The Kier molecular flexibility index (Phi) is 4.90. The fourth-order valence-electron chi connectivity index (χ4n) is 5.52. The molecule has 0 fully saturated rings. The summed E-state index contributed by atoms with van der Waals surface area (Å²) >= 11 is 0. The summed E-state index contributed by atoms with van der Waals surface area (Å²) in [6, 6.07) is 15.4. The summed E-state index contributed by atoms with van der Waals surface area (Å²) in [7, 11) is 0. The summed E-state index contributed by atoms with van der Waals surface area (Å²) in [6.45, 7) is 6.24. The maximum atomic E-state index is 13.8. The van der Waals surface area contributed by atoms with E-state index in [-0.39, 0.29) is 17.7 Å². The Morgan fingerprint density at radius 3 is 2.64 bits per heavy atom. The number of ether oxygens (including phenoxy) is 1. The maximum absolute atomic E-state index is 13.8. The normalized spacial score (nSPS) is 14.1. The predicted octanol–water partition coefficient (Wildman–Crippen LogP) is 3.97. The van der Waals surface area contributed by atoms with E-state index in [1.54, 1.807) is 14.0 Å². The fourth-order valence-corrected chi connectivity index (χ4v) is 5.52. The SMILES string of the molecule is Cc1cccc2nc(Cn3nc(-c4cccc5c4CC(C)(C)O5)c4c(N)ncnc43)n(-n3cccc3)c(=O)c12. The van der Waals surface area contributed by atoms with Crippen LogP contribution in [0.1, 0.15) is 30.8 Å². The van der Waals surface area contributed by atoms with Gasteiger partial charge in [0, 0.05) is 29.9 Å². The molecular weight excluding hydrogens is 492 g/mol. The number of nitrogens with two attached hydrogens (primary N) is 1. The van der Waals surface area contributed by atoms with Gasteiger partial charge in [0.1, 0.15) is 35.7 Å². The van der Waals surface area contributed by atoms with Crippen LogP contribution in [0.4, 0.5) is 5.82 Å². The molecular formula is C29H26N8O2. The lowest BCUT2D eigenvalue weighted by Gasteiger charge is -2.16. The van der Waals surface area contributed by atoms with Crippen LogP contribution in [-0.2, 0) is 13.0 Å². The molecule has 1 aliphatic rings. The van der Waals surface area contributed by atoms with E-state index < -0.39 is 0 Å². The van der Waals surface area contributed by atoms with Crippen molar-refractivity contribution in [2.75, 3.05) is 5.73 Å². The summed E-state index contributed by atoms with van der Waals surface area (Å²) in [5.74, 6) is 1.68. The third-order valence-electron chi connectivity index (χ3n) is 7.20. The van der Waals surface area contributed by atoms with Crippen molar-refractivity contribution < 1.29 is 4.74 Å². The number of hydrogen-bond donors (Lipinski definition) is 1. The lowest BCUT2D eigenvalue weighted by molar-refractivity contribution is 0.138. The smallest absolute Gasteiger partial charge is 0.281 e. The van der Waals surface area contributed by atoms with Crippen LogP contribution in [0.15, 0.2) is 72.0 Å². The highest BCUT2D eigenvalue weighted by Crippen LogP contribution is 2.42. The van der Waals surface area contributed by atoms with Gasteiger partial charge in [0.05, 0.1) is 16.3 Å². The number of anilines is 1. The van der Waals surface area contributed by atoms with E-state index in [4.69, 9.17) is 20.6 Å². The second-order valence-corrected chi connectivity index (χ2v) is 10.5. The van der Waals surface area contributed by atoms with Crippen molar-refractivity contribution >= 4 is 27.8 Å². The zero-order valence-electron chi connectivity index (χ0n) is 21.8. The van der Waals surface area contributed by atoms with E-state index >= 15 is 0 Å². The lowest BCUT2D eigenvalue weighted by Crippen LogP contribution is -2.31. The van der Waals surface area contributed by atoms with Gasteiger partial charge in [-0.25, -0.2) is 19.6 Å². The minimum Gasteiger partial charge on any atom is -0.487 e. The average molecular weight is 519 g/mol. The summed E-state index contributed by atoms with van der Waals surface area (Å²) < 4.78 is 11.2. The van der Waals surface area contributed by atoms with Crippen LogP contribution in [-0.4, -0.2) is 39.7 Å². The summed E-state index contributed by atoms with van der Waals surface area (Å²) in [4.78, 5) is 27.5. The third-order valence-corrected chi connectivity index (χ3v) is 7.20. The molecule has 0 saturated carbocycles. The molecule has 0 bridgehead atoms. The second kappa shape index (κ2) is 8.26. The molecule has 0 amide bonds. The van der Waals surface area contributed by atoms with Gasteiger partial charge >= 0.3 is 0 Å². The van der Waals surface area contributed by atoms with Gasteiger partial charge in [0.2, 0.25) is 0 Å². The first-order valence-corrected chi connectivity index (χ1v) is 12.7. The molecule has 0 atom stereocenters. The first kappa shape index (κ1) is 23.2. The van der Waals surface area contributed by atoms with Crippen LogP contribution in [0.2, 0.25) is 0 Å². The van der Waals surface area contributed by atoms with Crippen LogP contribution in [0.3, 0.4) is 0 Å². The van der Waals surface area contributed by atoms with Gasteiger partial charge in [-0.15, -0.1) is 0 Å². The average Bonchev–Trinajstić information content (AvgIpc) is 3.61. The summed E-state index contributed by atoms with van der Waals surface area (Å²) in [5, 5.41) is 6.24. The molecule has 10 nitrogen and oxygen atoms in total. The molecule has 39 heavy (non-hydrogen) atoms. The predicted molar refractivity (Wildman–Crippen MR) is 149 cm³/mol. The van der Waals surface area contributed by atoms with Crippen LogP contribution in [0.25, 0.3) is 33.2 Å². The molecule has 0 spiro atoms. The molecule has 6 aromatic rings. The first-order valence-electron chi connectivity index (χ1n) is 12.7. The lowest BCUT2D eigenvalue weighted by atomic mass is 9.95. The molecule has 5 heterocycles. The van der Waals surface area contributed by atoms with Crippen LogP contribution >= 0.6 is 0 Å². The van der Waals surface area contributed by atoms with E-state index in [1.165, 1.54) is 6.33 Å². The zero-order valence-corrected chi connectivity index (χ0v) is 21.8. The van der Waals surface area contributed by atoms with Crippen molar-refractivity contribution in [2.45, 2.75) is 39.3 Å². The summed E-state index contributed by atoms with van der Waals surface area (Å²) in [6.07, 6.45) is 5.80. The van der Waals surface area contributed by atoms with E-state index in [1.807, 2.05) is 67.8 Å². The number of hydrogen-bond acceptors (Lipinski definition) is 7. The number of rotatable bonds is 4. The Balaban J connectivity index is 1.46.